The Kier molecular flexibility index (Phi) is 2.62. The van der Waals surface area contributed by atoms with E-state index in [1.807, 2.05) is 0 Å². The highest BCUT2D eigenvalue weighted by atomic mass is 32.2. The zero-order valence-electron chi connectivity index (χ0n) is 8.94. The second-order valence-electron chi connectivity index (χ2n) is 3.65. The third kappa shape index (κ3) is 2.28. The first kappa shape index (κ1) is 11.6. The van der Waals surface area contributed by atoms with Crippen molar-refractivity contribution in [3.05, 3.63) is 30.2 Å². The van der Waals surface area contributed by atoms with Crippen LogP contribution in [-0.2, 0) is 9.84 Å². The highest BCUT2D eigenvalue weighted by Crippen LogP contribution is 2.27. The molecule has 5 nitrogen and oxygen atoms in total. The topological polar surface area (TPSA) is 88.8 Å². The number of hydrogen-bond acceptors (Lipinski definition) is 4. The fourth-order valence-corrected chi connectivity index (χ4v) is 2.13. The van der Waals surface area contributed by atoms with Gasteiger partial charge in [0.15, 0.2) is 9.84 Å². The molecule has 0 aliphatic carbocycles. The average Bonchev–Trinajstić information content (AvgIpc) is 2.62. The normalized spacial score (nSPS) is 11.6. The molecule has 0 unspecified atom stereocenters. The number of halogens is 1. The first-order valence-electron chi connectivity index (χ1n) is 4.68. The highest BCUT2D eigenvalue weighted by molar-refractivity contribution is 7.90. The van der Waals surface area contributed by atoms with E-state index in [1.54, 1.807) is 0 Å². The number of nitrogens with two attached hydrogens (primary N) is 1. The van der Waals surface area contributed by atoms with Crippen LogP contribution >= 0.6 is 0 Å². The monoisotopic (exact) mass is 255 g/mol. The average molecular weight is 255 g/mol. The molecule has 0 amide bonds. The lowest BCUT2D eigenvalue weighted by atomic mass is 10.1. The summed E-state index contributed by atoms with van der Waals surface area (Å²) in [5, 5.41) is 6.20. The molecule has 0 spiro atoms. The molecule has 1 aromatic carbocycles. The zero-order valence-corrected chi connectivity index (χ0v) is 9.75. The number of rotatable bonds is 2. The van der Waals surface area contributed by atoms with Crippen molar-refractivity contribution < 1.29 is 12.8 Å². The van der Waals surface area contributed by atoms with Crippen molar-refractivity contribution in [2.24, 2.45) is 0 Å². The molecule has 3 N–H and O–H groups in total. The minimum atomic E-state index is -3.46. The van der Waals surface area contributed by atoms with Crippen molar-refractivity contribution in [2.45, 2.75) is 4.90 Å². The molecular formula is C10H10FN3O2S. The van der Waals surface area contributed by atoms with Gasteiger partial charge in [0.2, 0.25) is 0 Å². The molecule has 0 aliphatic heterocycles. The van der Waals surface area contributed by atoms with Crippen LogP contribution in [0.2, 0.25) is 0 Å². The first-order chi connectivity index (χ1) is 7.88. The van der Waals surface area contributed by atoms with Crippen molar-refractivity contribution in [2.75, 3.05) is 12.0 Å². The van der Waals surface area contributed by atoms with Gasteiger partial charge in [-0.1, -0.05) is 0 Å². The van der Waals surface area contributed by atoms with E-state index in [0.717, 1.165) is 12.3 Å². The summed E-state index contributed by atoms with van der Waals surface area (Å²) in [5.41, 5.74) is 6.43. The Hall–Kier alpha value is -1.89. The van der Waals surface area contributed by atoms with E-state index in [0.29, 0.717) is 11.1 Å². The van der Waals surface area contributed by atoms with Gasteiger partial charge in [-0.15, -0.1) is 0 Å². The van der Waals surface area contributed by atoms with Crippen LogP contribution in [0.25, 0.3) is 11.1 Å². The number of sulfone groups is 1. The van der Waals surface area contributed by atoms with Gasteiger partial charge < -0.3 is 5.73 Å². The van der Waals surface area contributed by atoms with Gasteiger partial charge in [0, 0.05) is 11.8 Å². The van der Waals surface area contributed by atoms with E-state index >= 15 is 0 Å². The number of hydrogen-bond donors (Lipinski definition) is 2. The number of nitrogens with zero attached hydrogens (tertiary/aromatic N) is 1. The molecule has 0 aliphatic rings. The Morgan fingerprint density at radius 2 is 2.06 bits per heavy atom. The molecular weight excluding hydrogens is 245 g/mol. The number of anilines is 1. The summed E-state index contributed by atoms with van der Waals surface area (Å²) in [5.74, 6) is -0.376. The summed E-state index contributed by atoms with van der Waals surface area (Å²) in [6.45, 7) is 0. The fraction of sp³-hybridized carbons (Fsp3) is 0.100. The van der Waals surface area contributed by atoms with Gasteiger partial charge in [0.05, 0.1) is 11.1 Å². The molecule has 0 saturated carbocycles. The third-order valence-corrected chi connectivity index (χ3v) is 3.37. The maximum Gasteiger partial charge on any atom is 0.175 e. The van der Waals surface area contributed by atoms with Crippen LogP contribution in [0.1, 0.15) is 0 Å². The number of nitrogens with one attached hydrogen (secondary N) is 1. The van der Waals surface area contributed by atoms with Crippen LogP contribution in [0.4, 0.5) is 10.2 Å². The Bertz CT molecular complexity index is 664. The molecule has 1 heterocycles. The fourth-order valence-electron chi connectivity index (χ4n) is 1.46. The lowest BCUT2D eigenvalue weighted by molar-refractivity contribution is 0.596. The van der Waals surface area contributed by atoms with Crippen LogP contribution in [0, 0.1) is 5.82 Å². The number of benzene rings is 1. The molecule has 0 bridgehead atoms. The molecule has 17 heavy (non-hydrogen) atoms. The maximum absolute atomic E-state index is 13.3. The van der Waals surface area contributed by atoms with E-state index < -0.39 is 15.7 Å². The molecule has 0 fully saturated rings. The maximum atomic E-state index is 13.3. The van der Waals surface area contributed by atoms with E-state index in [1.165, 1.54) is 18.3 Å². The lowest BCUT2D eigenvalue weighted by Gasteiger charge is -2.04. The minimum Gasteiger partial charge on any atom is -0.384 e. The molecule has 1 aromatic heterocycles. The van der Waals surface area contributed by atoms with Crippen LogP contribution in [-0.4, -0.2) is 24.9 Å². The SMILES string of the molecule is CS(=O)(=O)c1cc(F)cc(-c2cn[nH]c2N)c1. The summed E-state index contributed by atoms with van der Waals surface area (Å²) in [6, 6.07) is 3.53. The van der Waals surface area contributed by atoms with Crippen LogP contribution in [0.5, 0.6) is 0 Å². The van der Waals surface area contributed by atoms with Gasteiger partial charge in [0.25, 0.3) is 0 Å². The molecule has 90 valence electrons. The zero-order chi connectivity index (χ0) is 12.6. The Morgan fingerprint density at radius 1 is 1.35 bits per heavy atom. The minimum absolute atomic E-state index is 0.0897. The third-order valence-electron chi connectivity index (χ3n) is 2.28. The van der Waals surface area contributed by atoms with Crippen LogP contribution in [0.15, 0.2) is 29.3 Å². The predicted molar refractivity (Wildman–Crippen MR) is 61.5 cm³/mol. The summed E-state index contributed by atoms with van der Waals surface area (Å²) >= 11 is 0. The molecule has 2 aromatic rings. The number of aromatic nitrogens is 2. The second kappa shape index (κ2) is 3.85. The number of H-pyrrole nitrogens is 1. The summed E-state index contributed by atoms with van der Waals surface area (Å²) in [7, 11) is -3.46. The largest absolute Gasteiger partial charge is 0.384 e. The van der Waals surface area contributed by atoms with Gasteiger partial charge in [-0.25, -0.2) is 12.8 Å². The van der Waals surface area contributed by atoms with Crippen molar-refractivity contribution in [1.82, 2.24) is 10.2 Å². The molecule has 0 radical (unpaired) electrons. The second-order valence-corrected chi connectivity index (χ2v) is 5.66. The number of aromatic amines is 1. The van der Waals surface area contributed by atoms with E-state index in [-0.39, 0.29) is 10.7 Å². The van der Waals surface area contributed by atoms with Crippen molar-refractivity contribution in [3.63, 3.8) is 0 Å². The quantitative estimate of drug-likeness (QED) is 0.843. The van der Waals surface area contributed by atoms with E-state index in [2.05, 4.69) is 10.2 Å². The van der Waals surface area contributed by atoms with Crippen molar-refractivity contribution in [1.29, 1.82) is 0 Å². The van der Waals surface area contributed by atoms with E-state index in [4.69, 9.17) is 5.73 Å². The molecule has 7 heteroatoms. The molecule has 2 rings (SSSR count). The number of nitrogen functional groups attached to an aromatic ring is 1. The standard InChI is InChI=1S/C10H10FN3O2S/c1-17(15,16)8-3-6(2-7(11)4-8)9-5-13-14-10(9)12/h2-5H,1H3,(H3,12,13,14). The smallest absolute Gasteiger partial charge is 0.175 e. The van der Waals surface area contributed by atoms with Crippen molar-refractivity contribution >= 4 is 15.7 Å². The first-order valence-corrected chi connectivity index (χ1v) is 6.57. The predicted octanol–water partition coefficient (Wildman–Crippen LogP) is 1.20. The highest BCUT2D eigenvalue weighted by Gasteiger charge is 2.13. The Balaban J connectivity index is 2.65. The van der Waals surface area contributed by atoms with E-state index in [9.17, 15) is 12.8 Å². The Labute approximate surface area is 97.4 Å². The summed E-state index contributed by atoms with van der Waals surface area (Å²) in [6.07, 6.45) is 2.43. The van der Waals surface area contributed by atoms with Gasteiger partial charge in [-0.05, 0) is 23.8 Å². The van der Waals surface area contributed by atoms with Crippen molar-refractivity contribution in [3.8, 4) is 11.1 Å². The van der Waals surface area contributed by atoms with Crippen LogP contribution in [0.3, 0.4) is 0 Å². The Morgan fingerprint density at radius 3 is 2.59 bits per heavy atom. The summed E-state index contributed by atoms with van der Waals surface area (Å²) in [4.78, 5) is -0.0897. The summed E-state index contributed by atoms with van der Waals surface area (Å²) < 4.78 is 36.1. The molecule has 0 atom stereocenters. The van der Waals surface area contributed by atoms with Gasteiger partial charge in [-0.2, -0.15) is 5.10 Å². The molecule has 0 saturated heterocycles. The lowest BCUT2D eigenvalue weighted by Crippen LogP contribution is -1.98. The van der Waals surface area contributed by atoms with Crippen LogP contribution < -0.4 is 5.73 Å². The van der Waals surface area contributed by atoms with Gasteiger partial charge in [0.1, 0.15) is 11.6 Å². The van der Waals surface area contributed by atoms with Gasteiger partial charge in [-0.3, -0.25) is 5.10 Å². The van der Waals surface area contributed by atoms with Gasteiger partial charge >= 0.3 is 0 Å².